The van der Waals surface area contributed by atoms with Crippen molar-refractivity contribution in [3.8, 4) is 22.1 Å². The number of phenols is 1. The van der Waals surface area contributed by atoms with E-state index in [0.717, 1.165) is 10.2 Å². The van der Waals surface area contributed by atoms with Gasteiger partial charge in [-0.1, -0.05) is 35.3 Å². The second kappa shape index (κ2) is 9.52. The fraction of sp³-hybridized carbons (Fsp3) is 0.0870. The Hall–Kier alpha value is -2.91. The molecule has 3 aromatic carbocycles. The van der Waals surface area contributed by atoms with Crippen LogP contribution >= 0.6 is 46.8 Å². The van der Waals surface area contributed by atoms with Crippen molar-refractivity contribution in [1.29, 1.82) is 0 Å². The molecule has 4 aromatic rings. The van der Waals surface area contributed by atoms with E-state index in [1.807, 2.05) is 24.3 Å². The average Bonchev–Trinajstić information content (AvgIpc) is 3.19. The molecule has 0 aliphatic rings. The van der Waals surface area contributed by atoms with Gasteiger partial charge in [0, 0.05) is 10.7 Å². The number of thiazole rings is 1. The minimum absolute atomic E-state index is 0.0542. The summed E-state index contributed by atoms with van der Waals surface area (Å²) < 4.78 is 6.24. The molecule has 33 heavy (non-hydrogen) atoms. The molecule has 1 amide bonds. The molecule has 0 saturated carbocycles. The monoisotopic (exact) mass is 517 g/mol. The summed E-state index contributed by atoms with van der Waals surface area (Å²) in [5.41, 5.74) is 2.78. The fourth-order valence-electron chi connectivity index (χ4n) is 3.27. The number of anilines is 1. The van der Waals surface area contributed by atoms with Crippen molar-refractivity contribution in [1.82, 2.24) is 10.3 Å². The van der Waals surface area contributed by atoms with Gasteiger partial charge >= 0.3 is 0 Å². The van der Waals surface area contributed by atoms with Gasteiger partial charge in [-0.15, -0.1) is 11.3 Å². The third-order valence-electron chi connectivity index (χ3n) is 4.77. The predicted octanol–water partition coefficient (Wildman–Crippen LogP) is 6.42. The number of hydrogen-bond acceptors (Lipinski definition) is 6. The smallest absolute Gasteiger partial charge is 0.261 e. The number of phenolic OH excluding ortho intramolecular Hbond substituents is 1. The Kier molecular flexibility index (Phi) is 6.71. The maximum atomic E-state index is 12.8. The first-order chi connectivity index (χ1) is 15.8. The van der Waals surface area contributed by atoms with Crippen LogP contribution in [0.4, 0.5) is 5.69 Å². The quantitative estimate of drug-likeness (QED) is 0.214. The van der Waals surface area contributed by atoms with Crippen molar-refractivity contribution in [3.05, 3.63) is 69.7 Å². The van der Waals surface area contributed by atoms with E-state index in [9.17, 15) is 9.90 Å². The molecule has 1 heterocycles. The van der Waals surface area contributed by atoms with Crippen molar-refractivity contribution < 1.29 is 14.6 Å². The van der Waals surface area contributed by atoms with Crippen molar-refractivity contribution in [2.45, 2.75) is 6.92 Å². The number of amides is 1. The van der Waals surface area contributed by atoms with E-state index < -0.39 is 5.91 Å². The highest BCUT2D eigenvalue weighted by atomic mass is 35.5. The lowest BCUT2D eigenvalue weighted by Gasteiger charge is -2.14. The van der Waals surface area contributed by atoms with E-state index in [0.29, 0.717) is 26.8 Å². The van der Waals surface area contributed by atoms with Crippen LogP contribution in [-0.4, -0.2) is 28.2 Å². The van der Waals surface area contributed by atoms with Crippen LogP contribution in [0.15, 0.2) is 48.5 Å². The van der Waals surface area contributed by atoms with Gasteiger partial charge < -0.3 is 15.2 Å². The van der Waals surface area contributed by atoms with Crippen molar-refractivity contribution in [3.63, 3.8) is 0 Å². The van der Waals surface area contributed by atoms with Gasteiger partial charge in [-0.3, -0.25) is 10.1 Å². The topological polar surface area (TPSA) is 83.5 Å². The number of nitrogens with zero attached hydrogens (tertiary/aromatic N) is 1. The molecule has 1 aromatic heterocycles. The van der Waals surface area contributed by atoms with Gasteiger partial charge in [-0.2, -0.15) is 0 Å². The molecule has 0 aliphatic carbocycles. The average molecular weight is 518 g/mol. The van der Waals surface area contributed by atoms with Crippen LogP contribution in [0.5, 0.6) is 11.5 Å². The largest absolute Gasteiger partial charge is 0.507 e. The lowest BCUT2D eigenvalue weighted by Crippen LogP contribution is -2.34. The van der Waals surface area contributed by atoms with Crippen LogP contribution < -0.4 is 15.4 Å². The van der Waals surface area contributed by atoms with Gasteiger partial charge in [0.25, 0.3) is 5.91 Å². The van der Waals surface area contributed by atoms with Crippen LogP contribution in [0.3, 0.4) is 0 Å². The highest BCUT2D eigenvalue weighted by Gasteiger charge is 2.19. The Morgan fingerprint density at radius 2 is 1.94 bits per heavy atom. The molecular weight excluding hydrogens is 501 g/mol. The van der Waals surface area contributed by atoms with Crippen molar-refractivity contribution >= 4 is 73.7 Å². The first-order valence-electron chi connectivity index (χ1n) is 9.61. The van der Waals surface area contributed by atoms with Gasteiger partial charge in [0.2, 0.25) is 0 Å². The molecule has 0 unspecified atom stereocenters. The minimum atomic E-state index is -0.532. The number of nitrogens with one attached hydrogen (secondary N) is 2. The molecule has 0 saturated heterocycles. The summed E-state index contributed by atoms with van der Waals surface area (Å²) in [7, 11) is 1.41. The second-order valence-corrected chi connectivity index (χ2v) is 9.34. The molecular formula is C23H17Cl2N3O3S2. The molecule has 3 N–H and O–H groups in total. The number of carbonyl (C=O) groups is 1. The second-order valence-electron chi connectivity index (χ2n) is 7.05. The molecule has 0 spiro atoms. The van der Waals surface area contributed by atoms with Crippen LogP contribution in [0.25, 0.3) is 20.8 Å². The number of aromatic hydroxyl groups is 1. The zero-order valence-corrected chi connectivity index (χ0v) is 20.5. The van der Waals surface area contributed by atoms with Gasteiger partial charge in [-0.05, 0) is 61.1 Å². The van der Waals surface area contributed by atoms with E-state index in [-0.39, 0.29) is 27.2 Å². The normalized spacial score (nSPS) is 10.8. The summed E-state index contributed by atoms with van der Waals surface area (Å²) in [6.45, 7) is 1.78. The number of fused-ring (bicyclic) bond motifs is 1. The Balaban J connectivity index is 1.58. The summed E-state index contributed by atoms with van der Waals surface area (Å²) in [5.74, 6) is -0.205. The molecule has 0 fully saturated rings. The molecule has 168 valence electrons. The summed E-state index contributed by atoms with van der Waals surface area (Å²) in [4.78, 5) is 17.4. The van der Waals surface area contributed by atoms with Crippen molar-refractivity contribution in [2.24, 2.45) is 0 Å². The SMILES string of the molecule is COc1c(Cl)cc(Cl)cc1C(=O)NC(=S)Nc1cc(C)c(O)c(-c2nc3ccccc3s2)c1. The van der Waals surface area contributed by atoms with Crippen LogP contribution in [0.2, 0.25) is 10.0 Å². The lowest BCUT2D eigenvalue weighted by atomic mass is 10.1. The number of carbonyl (C=O) groups excluding carboxylic acids is 1. The number of rotatable bonds is 4. The third kappa shape index (κ3) is 4.89. The van der Waals surface area contributed by atoms with Crippen LogP contribution in [-0.2, 0) is 0 Å². The molecule has 0 radical (unpaired) electrons. The van der Waals surface area contributed by atoms with E-state index in [1.165, 1.54) is 30.6 Å². The fourth-order valence-corrected chi connectivity index (χ4v) is 5.04. The van der Waals surface area contributed by atoms with Gasteiger partial charge in [0.15, 0.2) is 5.11 Å². The summed E-state index contributed by atoms with van der Waals surface area (Å²) in [5, 5.41) is 17.4. The highest BCUT2D eigenvalue weighted by molar-refractivity contribution is 7.80. The molecule has 4 rings (SSSR count). The number of aromatic nitrogens is 1. The number of methoxy groups -OCH3 is 1. The predicted molar refractivity (Wildman–Crippen MR) is 138 cm³/mol. The number of ether oxygens (including phenoxy) is 1. The molecule has 10 heteroatoms. The number of para-hydroxylation sites is 1. The highest BCUT2D eigenvalue weighted by Crippen LogP contribution is 2.39. The third-order valence-corrected chi connectivity index (χ3v) is 6.54. The first kappa shape index (κ1) is 23.3. The first-order valence-corrected chi connectivity index (χ1v) is 11.6. The number of aryl methyl sites for hydroxylation is 1. The van der Waals surface area contributed by atoms with Gasteiger partial charge in [0.05, 0.1) is 33.5 Å². The lowest BCUT2D eigenvalue weighted by molar-refractivity contribution is 0.0974. The summed E-state index contributed by atoms with van der Waals surface area (Å²) in [6, 6.07) is 14.1. The standard InChI is InChI=1S/C23H17Cl2N3O3S2/c1-11-7-13(10-14(19(11)29)22-27-17-5-3-4-6-18(17)33-22)26-23(32)28-21(30)15-8-12(24)9-16(25)20(15)31-2/h3-10,29H,1-2H3,(H2,26,28,30,32). The maximum absolute atomic E-state index is 12.8. The van der Waals surface area contributed by atoms with Gasteiger partial charge in [-0.25, -0.2) is 4.98 Å². The van der Waals surface area contributed by atoms with Gasteiger partial charge in [0.1, 0.15) is 16.5 Å². The van der Waals surface area contributed by atoms with E-state index in [2.05, 4.69) is 15.6 Å². The molecule has 0 bridgehead atoms. The maximum Gasteiger partial charge on any atom is 0.261 e. The zero-order valence-electron chi connectivity index (χ0n) is 17.4. The molecule has 0 aliphatic heterocycles. The van der Waals surface area contributed by atoms with E-state index >= 15 is 0 Å². The number of halogens is 2. The summed E-state index contributed by atoms with van der Waals surface area (Å²) >= 11 is 18.9. The number of benzene rings is 3. The van der Waals surface area contributed by atoms with Crippen molar-refractivity contribution in [2.75, 3.05) is 12.4 Å². The molecule has 6 nitrogen and oxygen atoms in total. The zero-order chi connectivity index (χ0) is 23.7. The number of hydrogen-bond donors (Lipinski definition) is 3. The van der Waals surface area contributed by atoms with E-state index in [1.54, 1.807) is 19.1 Å². The van der Waals surface area contributed by atoms with Crippen LogP contribution in [0.1, 0.15) is 15.9 Å². The minimum Gasteiger partial charge on any atom is -0.507 e. The Bertz CT molecular complexity index is 1370. The Labute approximate surface area is 209 Å². The Morgan fingerprint density at radius 3 is 2.67 bits per heavy atom. The Morgan fingerprint density at radius 1 is 1.18 bits per heavy atom. The van der Waals surface area contributed by atoms with Crippen LogP contribution in [0, 0.1) is 6.92 Å². The molecule has 0 atom stereocenters. The van der Waals surface area contributed by atoms with E-state index in [4.69, 9.17) is 40.2 Å². The summed E-state index contributed by atoms with van der Waals surface area (Å²) in [6.07, 6.45) is 0. The number of thiocarbonyl (C=S) groups is 1.